The predicted molar refractivity (Wildman–Crippen MR) is 78.4 cm³/mol. The van der Waals surface area contributed by atoms with E-state index in [1.807, 2.05) is 18.2 Å². The Morgan fingerprint density at radius 3 is 2.80 bits per heavy atom. The summed E-state index contributed by atoms with van der Waals surface area (Å²) in [4.78, 5) is 12.1. The Bertz CT molecular complexity index is 432. The summed E-state index contributed by atoms with van der Waals surface area (Å²) in [5, 5.41) is 3.47. The van der Waals surface area contributed by atoms with Crippen molar-refractivity contribution in [2.45, 2.75) is 50.6 Å². The SMILES string of the molecule is O=C(OCCc1ccccc1)C1CC2CCCCC2N1. The maximum atomic E-state index is 12.1. The molecule has 0 spiro atoms. The molecule has 1 heterocycles. The van der Waals surface area contributed by atoms with Gasteiger partial charge in [0.2, 0.25) is 0 Å². The van der Waals surface area contributed by atoms with Gasteiger partial charge >= 0.3 is 5.97 Å². The predicted octanol–water partition coefficient (Wildman–Crippen LogP) is 2.69. The molecular formula is C17H23NO2. The molecule has 0 bridgehead atoms. The summed E-state index contributed by atoms with van der Waals surface area (Å²) in [5.41, 5.74) is 1.22. The molecule has 3 atom stereocenters. The molecule has 1 saturated heterocycles. The quantitative estimate of drug-likeness (QED) is 0.857. The van der Waals surface area contributed by atoms with Crippen LogP contribution in [0.15, 0.2) is 30.3 Å². The average molecular weight is 273 g/mol. The van der Waals surface area contributed by atoms with E-state index in [0.29, 0.717) is 18.6 Å². The number of nitrogens with one attached hydrogen (secondary N) is 1. The van der Waals surface area contributed by atoms with E-state index in [4.69, 9.17) is 4.74 Å². The number of carbonyl (C=O) groups is 1. The second kappa shape index (κ2) is 6.40. The first kappa shape index (κ1) is 13.6. The molecule has 0 aromatic heterocycles. The Morgan fingerprint density at radius 1 is 1.20 bits per heavy atom. The van der Waals surface area contributed by atoms with E-state index < -0.39 is 0 Å². The summed E-state index contributed by atoms with van der Waals surface area (Å²) < 4.78 is 5.43. The van der Waals surface area contributed by atoms with Gasteiger partial charge in [0, 0.05) is 12.5 Å². The minimum absolute atomic E-state index is 0.0599. The third kappa shape index (κ3) is 3.21. The minimum atomic E-state index is -0.0705. The Morgan fingerprint density at radius 2 is 2.00 bits per heavy atom. The number of hydrogen-bond acceptors (Lipinski definition) is 3. The largest absolute Gasteiger partial charge is 0.464 e. The highest BCUT2D eigenvalue weighted by Gasteiger charge is 2.38. The lowest BCUT2D eigenvalue weighted by atomic mass is 9.85. The first-order valence-corrected chi connectivity index (χ1v) is 7.79. The van der Waals surface area contributed by atoms with Crippen LogP contribution in [0.4, 0.5) is 0 Å². The molecule has 1 aliphatic heterocycles. The zero-order valence-electron chi connectivity index (χ0n) is 11.9. The molecule has 3 unspecified atom stereocenters. The molecule has 1 aromatic rings. The highest BCUT2D eigenvalue weighted by atomic mass is 16.5. The van der Waals surface area contributed by atoms with E-state index in [-0.39, 0.29) is 12.0 Å². The molecule has 0 amide bonds. The fourth-order valence-corrected chi connectivity index (χ4v) is 3.52. The van der Waals surface area contributed by atoms with E-state index in [1.54, 1.807) is 0 Å². The van der Waals surface area contributed by atoms with Crippen LogP contribution < -0.4 is 5.32 Å². The molecule has 1 aromatic carbocycles. The molecule has 3 heteroatoms. The number of carbonyl (C=O) groups excluding carboxylic acids is 1. The highest BCUT2D eigenvalue weighted by molar-refractivity contribution is 5.76. The summed E-state index contributed by atoms with van der Waals surface area (Å²) in [6.07, 6.45) is 6.87. The smallest absolute Gasteiger partial charge is 0.323 e. The van der Waals surface area contributed by atoms with Crippen molar-refractivity contribution >= 4 is 5.97 Å². The number of ether oxygens (including phenoxy) is 1. The summed E-state index contributed by atoms with van der Waals surface area (Å²) in [6, 6.07) is 10.6. The van der Waals surface area contributed by atoms with E-state index in [0.717, 1.165) is 12.8 Å². The molecule has 3 rings (SSSR count). The topological polar surface area (TPSA) is 38.3 Å². The lowest BCUT2D eigenvalue weighted by Crippen LogP contribution is -2.38. The summed E-state index contributed by atoms with van der Waals surface area (Å²) in [6.45, 7) is 0.482. The number of fused-ring (bicyclic) bond motifs is 1. The van der Waals surface area contributed by atoms with Gasteiger partial charge in [0.15, 0.2) is 0 Å². The Labute approximate surface area is 120 Å². The Hall–Kier alpha value is -1.35. The van der Waals surface area contributed by atoms with Crippen molar-refractivity contribution in [2.24, 2.45) is 5.92 Å². The zero-order valence-corrected chi connectivity index (χ0v) is 11.9. The van der Waals surface area contributed by atoms with Crippen molar-refractivity contribution in [1.82, 2.24) is 5.32 Å². The van der Waals surface area contributed by atoms with Crippen LogP contribution in [-0.2, 0) is 16.0 Å². The average Bonchev–Trinajstić information content (AvgIpc) is 2.92. The van der Waals surface area contributed by atoms with Crippen LogP contribution in [0.1, 0.15) is 37.7 Å². The number of hydrogen-bond donors (Lipinski definition) is 1. The molecule has 20 heavy (non-hydrogen) atoms. The van der Waals surface area contributed by atoms with Crippen molar-refractivity contribution in [3.05, 3.63) is 35.9 Å². The van der Waals surface area contributed by atoms with Gasteiger partial charge in [-0.15, -0.1) is 0 Å². The lowest BCUT2D eigenvalue weighted by Gasteiger charge is -2.24. The van der Waals surface area contributed by atoms with Crippen molar-refractivity contribution in [3.8, 4) is 0 Å². The van der Waals surface area contributed by atoms with Crippen LogP contribution in [0, 0.1) is 5.92 Å². The van der Waals surface area contributed by atoms with Gasteiger partial charge in [0.05, 0.1) is 6.61 Å². The third-order valence-corrected chi connectivity index (χ3v) is 4.63. The summed E-state index contributed by atoms with van der Waals surface area (Å²) in [7, 11) is 0. The minimum Gasteiger partial charge on any atom is -0.464 e. The van der Waals surface area contributed by atoms with Crippen molar-refractivity contribution in [2.75, 3.05) is 6.61 Å². The van der Waals surface area contributed by atoms with Crippen molar-refractivity contribution < 1.29 is 9.53 Å². The Kier molecular flexibility index (Phi) is 4.36. The summed E-state index contributed by atoms with van der Waals surface area (Å²) in [5.74, 6) is 0.630. The van der Waals surface area contributed by atoms with Gasteiger partial charge in [-0.1, -0.05) is 43.2 Å². The molecule has 3 nitrogen and oxygen atoms in total. The second-order valence-corrected chi connectivity index (χ2v) is 6.01. The van der Waals surface area contributed by atoms with Gasteiger partial charge < -0.3 is 10.1 Å². The van der Waals surface area contributed by atoms with Crippen molar-refractivity contribution in [1.29, 1.82) is 0 Å². The van der Waals surface area contributed by atoms with E-state index in [9.17, 15) is 4.79 Å². The van der Waals surface area contributed by atoms with E-state index >= 15 is 0 Å². The first-order chi connectivity index (χ1) is 9.83. The Balaban J connectivity index is 1.43. The fourth-order valence-electron chi connectivity index (χ4n) is 3.52. The normalized spacial score (nSPS) is 28.9. The molecule has 2 aliphatic rings. The molecule has 108 valence electrons. The van der Waals surface area contributed by atoms with Gasteiger partial charge in [-0.05, 0) is 30.7 Å². The number of rotatable bonds is 4. The van der Waals surface area contributed by atoms with Crippen LogP contribution in [0.5, 0.6) is 0 Å². The monoisotopic (exact) mass is 273 g/mol. The van der Waals surface area contributed by atoms with Crippen molar-refractivity contribution in [3.63, 3.8) is 0 Å². The van der Waals surface area contributed by atoms with Gasteiger partial charge in [-0.25, -0.2) is 0 Å². The van der Waals surface area contributed by atoms with Crippen LogP contribution in [0.25, 0.3) is 0 Å². The van der Waals surface area contributed by atoms with E-state index in [2.05, 4.69) is 17.4 Å². The van der Waals surface area contributed by atoms with Crippen LogP contribution >= 0.6 is 0 Å². The van der Waals surface area contributed by atoms with Gasteiger partial charge in [0.1, 0.15) is 6.04 Å². The first-order valence-electron chi connectivity index (χ1n) is 7.79. The fraction of sp³-hybridized carbons (Fsp3) is 0.588. The van der Waals surface area contributed by atoms with Gasteiger partial charge in [-0.2, -0.15) is 0 Å². The number of benzene rings is 1. The molecule has 0 radical (unpaired) electrons. The third-order valence-electron chi connectivity index (χ3n) is 4.63. The standard InChI is InChI=1S/C17H23NO2/c19-17(20-11-10-13-6-2-1-3-7-13)16-12-14-8-4-5-9-15(14)18-16/h1-3,6-7,14-16,18H,4-5,8-12H2. The van der Waals surface area contributed by atoms with Crippen LogP contribution in [-0.4, -0.2) is 24.7 Å². The highest BCUT2D eigenvalue weighted by Crippen LogP contribution is 2.33. The van der Waals surface area contributed by atoms with Crippen LogP contribution in [0.2, 0.25) is 0 Å². The molecule has 2 fully saturated rings. The maximum absolute atomic E-state index is 12.1. The number of esters is 1. The molecule has 1 aliphatic carbocycles. The molecule has 1 saturated carbocycles. The molecular weight excluding hydrogens is 250 g/mol. The maximum Gasteiger partial charge on any atom is 0.323 e. The second-order valence-electron chi connectivity index (χ2n) is 6.01. The lowest BCUT2D eigenvalue weighted by molar-refractivity contribution is -0.145. The van der Waals surface area contributed by atoms with Gasteiger partial charge in [0.25, 0.3) is 0 Å². The molecule has 1 N–H and O–H groups in total. The van der Waals surface area contributed by atoms with E-state index in [1.165, 1.54) is 31.2 Å². The van der Waals surface area contributed by atoms with Crippen LogP contribution in [0.3, 0.4) is 0 Å². The zero-order chi connectivity index (χ0) is 13.8. The summed E-state index contributed by atoms with van der Waals surface area (Å²) >= 11 is 0. The van der Waals surface area contributed by atoms with Gasteiger partial charge in [-0.3, -0.25) is 4.79 Å².